The van der Waals surface area contributed by atoms with E-state index in [9.17, 15) is 23.1 Å². The molecule has 1 N–H and O–H groups in total. The zero-order valence-corrected chi connectivity index (χ0v) is 15.0. The molecule has 2 heterocycles. The molecule has 2 saturated carbocycles. The van der Waals surface area contributed by atoms with Crippen LogP contribution < -0.4 is 0 Å². The second-order valence-electron chi connectivity index (χ2n) is 8.84. The Hall–Kier alpha value is -1.57. The molecule has 0 bridgehead atoms. The Kier molecular flexibility index (Phi) is 3.75. The summed E-state index contributed by atoms with van der Waals surface area (Å²) < 4.78 is 40.9. The molecule has 3 fully saturated rings. The molecule has 1 unspecified atom stereocenters. The number of hydrogen-bond acceptors (Lipinski definition) is 3. The van der Waals surface area contributed by atoms with Gasteiger partial charge in [-0.1, -0.05) is 0 Å². The van der Waals surface area contributed by atoms with Gasteiger partial charge in [-0.05, 0) is 44.9 Å². The Morgan fingerprint density at radius 3 is 2.54 bits per heavy atom. The molecular weight excluding hydrogens is 347 g/mol. The van der Waals surface area contributed by atoms with E-state index < -0.39 is 17.5 Å². The number of rotatable bonds is 2. The van der Waals surface area contributed by atoms with Crippen LogP contribution in [-0.4, -0.2) is 44.4 Å². The molecule has 1 aromatic heterocycles. The van der Waals surface area contributed by atoms with Gasteiger partial charge in [-0.2, -0.15) is 18.3 Å². The van der Waals surface area contributed by atoms with Gasteiger partial charge in [0, 0.05) is 43.2 Å². The van der Waals surface area contributed by atoms with Crippen LogP contribution in [0, 0.1) is 11.3 Å². The number of likely N-dealkylation sites (tertiary alicyclic amines) is 1. The van der Waals surface area contributed by atoms with E-state index in [1.54, 1.807) is 6.92 Å². The monoisotopic (exact) mass is 371 g/mol. The van der Waals surface area contributed by atoms with Crippen molar-refractivity contribution in [2.75, 3.05) is 13.1 Å². The lowest BCUT2D eigenvalue weighted by Crippen LogP contribution is -2.61. The third kappa shape index (κ3) is 2.92. The smallest absolute Gasteiger partial charge is 0.390 e. The lowest BCUT2D eigenvalue weighted by Gasteiger charge is -2.52. The van der Waals surface area contributed by atoms with E-state index >= 15 is 0 Å². The molecule has 26 heavy (non-hydrogen) atoms. The van der Waals surface area contributed by atoms with Gasteiger partial charge in [0.1, 0.15) is 0 Å². The van der Waals surface area contributed by atoms with Crippen LogP contribution in [0.4, 0.5) is 13.2 Å². The first-order valence-electron chi connectivity index (χ1n) is 9.10. The van der Waals surface area contributed by atoms with Gasteiger partial charge < -0.3 is 10.0 Å². The second-order valence-corrected chi connectivity index (χ2v) is 8.84. The first kappa shape index (κ1) is 17.8. The quantitative estimate of drug-likeness (QED) is 0.870. The standard InChI is InChI=1S/C18H24F3N3O2/c1-16(26)5-12(6-16)15(25)24-9-17(10-24)4-3-11(7-17)13-8-23(2)22-14(13)18(19,20)21/h8,11-12,26H,3-7,9-10H2,1-2H3. The number of aromatic nitrogens is 2. The molecule has 1 aliphatic heterocycles. The summed E-state index contributed by atoms with van der Waals surface area (Å²) in [4.78, 5) is 14.2. The minimum Gasteiger partial charge on any atom is -0.390 e. The predicted octanol–water partition coefficient (Wildman–Crippen LogP) is 2.70. The van der Waals surface area contributed by atoms with Crippen molar-refractivity contribution in [2.24, 2.45) is 18.4 Å². The zero-order chi connectivity index (χ0) is 18.9. The fourth-order valence-electron chi connectivity index (χ4n) is 5.14. The van der Waals surface area contributed by atoms with Crippen molar-refractivity contribution in [1.82, 2.24) is 14.7 Å². The lowest BCUT2D eigenvalue weighted by molar-refractivity contribution is -0.161. The number of aliphatic hydroxyl groups is 1. The van der Waals surface area contributed by atoms with Gasteiger partial charge in [0.15, 0.2) is 5.69 Å². The van der Waals surface area contributed by atoms with E-state index in [-0.39, 0.29) is 28.7 Å². The highest BCUT2D eigenvalue weighted by Gasteiger charge is 2.54. The van der Waals surface area contributed by atoms with E-state index in [0.29, 0.717) is 38.8 Å². The normalized spacial score (nSPS) is 33.2. The summed E-state index contributed by atoms with van der Waals surface area (Å²) in [5.74, 6) is -0.167. The maximum Gasteiger partial charge on any atom is 0.435 e. The van der Waals surface area contributed by atoms with Crippen molar-refractivity contribution in [1.29, 1.82) is 0 Å². The molecule has 8 heteroatoms. The number of carbonyl (C=O) groups excluding carboxylic acids is 1. The third-order valence-corrected chi connectivity index (χ3v) is 6.35. The summed E-state index contributed by atoms with van der Waals surface area (Å²) in [6, 6.07) is 0. The number of alkyl halides is 3. The van der Waals surface area contributed by atoms with E-state index in [2.05, 4.69) is 5.10 Å². The third-order valence-electron chi connectivity index (χ3n) is 6.35. The number of halogens is 3. The Balaban J connectivity index is 1.39. The molecule has 4 rings (SSSR count). The average molecular weight is 371 g/mol. The zero-order valence-electron chi connectivity index (χ0n) is 15.0. The SMILES string of the molecule is Cn1cc(C2CCC3(C2)CN(C(=O)C2CC(C)(O)C2)C3)c(C(F)(F)F)n1. The molecule has 1 amide bonds. The minimum absolute atomic E-state index is 0.0503. The van der Waals surface area contributed by atoms with Gasteiger partial charge in [0.2, 0.25) is 5.91 Å². The number of amides is 1. The van der Waals surface area contributed by atoms with Crippen molar-refractivity contribution in [3.8, 4) is 0 Å². The lowest BCUT2D eigenvalue weighted by atomic mass is 9.69. The Bertz CT molecular complexity index is 727. The van der Waals surface area contributed by atoms with Gasteiger partial charge in [-0.3, -0.25) is 9.48 Å². The van der Waals surface area contributed by atoms with Crippen molar-refractivity contribution in [3.05, 3.63) is 17.5 Å². The van der Waals surface area contributed by atoms with E-state index in [0.717, 1.165) is 6.42 Å². The molecule has 1 aromatic rings. The van der Waals surface area contributed by atoms with Crippen LogP contribution in [0.15, 0.2) is 6.20 Å². The molecule has 144 valence electrons. The number of carbonyl (C=O) groups is 1. The molecule has 2 aliphatic carbocycles. The number of hydrogen-bond donors (Lipinski definition) is 1. The fourth-order valence-corrected chi connectivity index (χ4v) is 5.14. The van der Waals surface area contributed by atoms with Gasteiger partial charge in [0.05, 0.1) is 5.60 Å². The molecule has 1 atom stereocenters. The highest BCUT2D eigenvalue weighted by molar-refractivity contribution is 5.81. The Morgan fingerprint density at radius 1 is 1.31 bits per heavy atom. The predicted molar refractivity (Wildman–Crippen MR) is 87.2 cm³/mol. The summed E-state index contributed by atoms with van der Waals surface area (Å²) in [5.41, 5.74) is -1.26. The molecule has 0 aromatic carbocycles. The first-order chi connectivity index (χ1) is 12.0. The summed E-state index contributed by atoms with van der Waals surface area (Å²) >= 11 is 0. The van der Waals surface area contributed by atoms with Gasteiger partial charge in [-0.15, -0.1) is 0 Å². The van der Waals surface area contributed by atoms with Crippen molar-refractivity contribution in [3.63, 3.8) is 0 Å². The van der Waals surface area contributed by atoms with Crippen molar-refractivity contribution in [2.45, 2.75) is 56.7 Å². The number of nitrogens with zero attached hydrogens (tertiary/aromatic N) is 3. The van der Waals surface area contributed by atoms with Crippen molar-refractivity contribution < 1.29 is 23.1 Å². The van der Waals surface area contributed by atoms with Crippen LogP contribution in [0.25, 0.3) is 0 Å². The van der Waals surface area contributed by atoms with Crippen LogP contribution in [0.1, 0.15) is 56.2 Å². The summed E-state index contributed by atoms with van der Waals surface area (Å²) in [5, 5.41) is 13.4. The van der Waals surface area contributed by atoms with Crippen LogP contribution in [0.3, 0.4) is 0 Å². The Morgan fingerprint density at radius 2 is 1.96 bits per heavy atom. The van der Waals surface area contributed by atoms with Gasteiger partial charge in [0.25, 0.3) is 0 Å². The second kappa shape index (κ2) is 5.47. The van der Waals surface area contributed by atoms with E-state index in [1.807, 2.05) is 4.90 Å². The van der Waals surface area contributed by atoms with Gasteiger partial charge >= 0.3 is 6.18 Å². The maximum atomic E-state index is 13.2. The highest BCUT2D eigenvalue weighted by atomic mass is 19.4. The van der Waals surface area contributed by atoms with Crippen LogP contribution in [0.5, 0.6) is 0 Å². The van der Waals surface area contributed by atoms with E-state index in [1.165, 1.54) is 17.9 Å². The topological polar surface area (TPSA) is 58.4 Å². The Labute approximate surface area is 150 Å². The minimum atomic E-state index is -4.44. The van der Waals surface area contributed by atoms with Gasteiger partial charge in [-0.25, -0.2) is 0 Å². The summed E-state index contributed by atoms with van der Waals surface area (Å²) in [6.45, 7) is 2.99. The van der Waals surface area contributed by atoms with Crippen molar-refractivity contribution >= 4 is 5.91 Å². The number of aryl methyl sites for hydroxylation is 1. The first-order valence-corrected chi connectivity index (χ1v) is 9.10. The highest BCUT2D eigenvalue weighted by Crippen LogP contribution is 2.54. The molecular formula is C18H24F3N3O2. The van der Waals surface area contributed by atoms with Crippen LogP contribution in [-0.2, 0) is 18.0 Å². The summed E-state index contributed by atoms with van der Waals surface area (Å²) in [6.07, 6.45) is 0.281. The molecule has 5 nitrogen and oxygen atoms in total. The molecule has 0 radical (unpaired) electrons. The fraction of sp³-hybridized carbons (Fsp3) is 0.778. The molecule has 1 saturated heterocycles. The van der Waals surface area contributed by atoms with Crippen LogP contribution >= 0.6 is 0 Å². The molecule has 3 aliphatic rings. The summed E-state index contributed by atoms with van der Waals surface area (Å²) in [7, 11) is 1.51. The van der Waals surface area contributed by atoms with Crippen LogP contribution in [0.2, 0.25) is 0 Å². The maximum absolute atomic E-state index is 13.2. The average Bonchev–Trinajstić information content (AvgIpc) is 3.05. The molecule has 1 spiro atoms. The van der Waals surface area contributed by atoms with E-state index in [4.69, 9.17) is 0 Å². The largest absolute Gasteiger partial charge is 0.435 e.